The van der Waals surface area contributed by atoms with Crippen molar-refractivity contribution in [3.05, 3.63) is 46.9 Å². The smallest absolute Gasteiger partial charge is 0.222 e. The van der Waals surface area contributed by atoms with Crippen LogP contribution in [0.25, 0.3) is 0 Å². The van der Waals surface area contributed by atoms with Gasteiger partial charge in [0.1, 0.15) is 0 Å². The van der Waals surface area contributed by atoms with Gasteiger partial charge in [-0.3, -0.25) is 4.98 Å². The van der Waals surface area contributed by atoms with E-state index in [1.807, 2.05) is 32.2 Å². The molecule has 0 aromatic carbocycles. The van der Waals surface area contributed by atoms with Crippen molar-refractivity contribution in [1.82, 2.24) is 15.3 Å². The van der Waals surface area contributed by atoms with Gasteiger partial charge in [-0.15, -0.1) is 0 Å². The number of aromatic nitrogens is 2. The lowest BCUT2D eigenvalue weighted by atomic mass is 10.2. The largest absolute Gasteiger partial charge is 0.437 e. The second-order valence-electron chi connectivity index (χ2n) is 5.10. The third-order valence-corrected chi connectivity index (χ3v) is 3.28. The van der Waals surface area contributed by atoms with Gasteiger partial charge in [-0.2, -0.15) is 0 Å². The van der Waals surface area contributed by atoms with Crippen LogP contribution in [0, 0.1) is 13.8 Å². The Hall–Kier alpha value is -1.94. The molecule has 0 aliphatic carbocycles. The molecular weight excluding hydrogens is 262 g/mol. The zero-order valence-electron chi connectivity index (χ0n) is 13.2. The van der Waals surface area contributed by atoms with Gasteiger partial charge in [-0.05, 0) is 50.6 Å². The quantitative estimate of drug-likeness (QED) is 0.881. The summed E-state index contributed by atoms with van der Waals surface area (Å²) in [5, 5.41) is 3.29. The Bertz CT molecular complexity index is 611. The third kappa shape index (κ3) is 4.02. The maximum Gasteiger partial charge on any atom is 0.222 e. The molecule has 2 aromatic heterocycles. The Balaban J connectivity index is 2.20. The maximum atomic E-state index is 5.95. The molecular formula is C17H23N3O. The molecule has 0 saturated heterocycles. The van der Waals surface area contributed by atoms with Crippen LogP contribution in [0.15, 0.2) is 24.4 Å². The Morgan fingerprint density at radius 1 is 1.19 bits per heavy atom. The van der Waals surface area contributed by atoms with E-state index in [4.69, 9.17) is 4.74 Å². The first kappa shape index (κ1) is 15.4. The molecule has 112 valence electrons. The summed E-state index contributed by atoms with van der Waals surface area (Å²) in [7, 11) is 0. The van der Waals surface area contributed by atoms with Crippen LogP contribution < -0.4 is 10.1 Å². The molecule has 1 N–H and O–H groups in total. The van der Waals surface area contributed by atoms with Crippen LogP contribution in [-0.4, -0.2) is 16.5 Å². The van der Waals surface area contributed by atoms with Gasteiger partial charge in [0.15, 0.2) is 5.75 Å². The number of hydrogen-bond donors (Lipinski definition) is 1. The van der Waals surface area contributed by atoms with Gasteiger partial charge in [0.2, 0.25) is 5.88 Å². The second-order valence-corrected chi connectivity index (χ2v) is 5.10. The molecule has 2 aromatic rings. The normalized spacial score (nSPS) is 10.7. The first-order chi connectivity index (χ1) is 10.1. The van der Waals surface area contributed by atoms with Crippen molar-refractivity contribution in [2.24, 2.45) is 0 Å². The van der Waals surface area contributed by atoms with E-state index < -0.39 is 0 Å². The van der Waals surface area contributed by atoms with Crippen molar-refractivity contribution in [3.63, 3.8) is 0 Å². The molecule has 0 saturated carbocycles. The Morgan fingerprint density at radius 2 is 2.00 bits per heavy atom. The minimum Gasteiger partial charge on any atom is -0.437 e. The highest BCUT2D eigenvalue weighted by molar-refractivity contribution is 5.36. The van der Waals surface area contributed by atoms with E-state index in [9.17, 15) is 0 Å². The molecule has 0 unspecified atom stereocenters. The molecule has 2 rings (SSSR count). The van der Waals surface area contributed by atoms with Crippen molar-refractivity contribution in [2.75, 3.05) is 6.54 Å². The van der Waals surface area contributed by atoms with Gasteiger partial charge in [0.05, 0.1) is 5.69 Å². The van der Waals surface area contributed by atoms with Crippen LogP contribution in [0.5, 0.6) is 11.6 Å². The van der Waals surface area contributed by atoms with Crippen molar-refractivity contribution >= 4 is 0 Å². The first-order valence-electron chi connectivity index (χ1n) is 7.44. The minimum absolute atomic E-state index is 0.649. The van der Waals surface area contributed by atoms with Crippen molar-refractivity contribution in [3.8, 4) is 11.6 Å². The summed E-state index contributed by atoms with van der Waals surface area (Å²) in [5.41, 5.74) is 4.17. The molecule has 21 heavy (non-hydrogen) atoms. The summed E-state index contributed by atoms with van der Waals surface area (Å²) in [4.78, 5) is 8.95. The van der Waals surface area contributed by atoms with Crippen LogP contribution in [0.4, 0.5) is 0 Å². The van der Waals surface area contributed by atoms with Gasteiger partial charge in [0, 0.05) is 24.0 Å². The van der Waals surface area contributed by atoms with Gasteiger partial charge >= 0.3 is 0 Å². The van der Waals surface area contributed by atoms with Gasteiger partial charge in [-0.25, -0.2) is 4.98 Å². The van der Waals surface area contributed by atoms with E-state index in [0.29, 0.717) is 5.88 Å². The van der Waals surface area contributed by atoms with E-state index in [1.54, 1.807) is 0 Å². The average molecular weight is 285 g/mol. The second kappa shape index (κ2) is 7.18. The fourth-order valence-electron chi connectivity index (χ4n) is 2.14. The van der Waals surface area contributed by atoms with E-state index >= 15 is 0 Å². The fraction of sp³-hybridized carbons (Fsp3) is 0.412. The number of aryl methyl sites for hydroxylation is 3. The summed E-state index contributed by atoms with van der Waals surface area (Å²) in [6, 6.07) is 6.04. The summed E-state index contributed by atoms with van der Waals surface area (Å²) >= 11 is 0. The Morgan fingerprint density at radius 3 is 2.67 bits per heavy atom. The SMILES string of the molecule is CCNCc1cnc(Oc2ccc(C)nc2CC)c(C)c1. The summed E-state index contributed by atoms with van der Waals surface area (Å²) in [5.74, 6) is 1.44. The fourth-order valence-corrected chi connectivity index (χ4v) is 2.14. The molecule has 4 nitrogen and oxygen atoms in total. The van der Waals surface area contributed by atoms with E-state index in [1.165, 1.54) is 5.56 Å². The average Bonchev–Trinajstić information content (AvgIpc) is 2.49. The molecule has 0 fully saturated rings. The number of nitrogens with one attached hydrogen (secondary N) is 1. The highest BCUT2D eigenvalue weighted by Crippen LogP contribution is 2.26. The molecule has 0 bridgehead atoms. The van der Waals surface area contributed by atoms with Crippen LogP contribution in [0.1, 0.15) is 36.4 Å². The molecule has 0 aliphatic heterocycles. The molecule has 2 heterocycles. The van der Waals surface area contributed by atoms with Gasteiger partial charge in [-0.1, -0.05) is 13.8 Å². The van der Waals surface area contributed by atoms with Crippen LogP contribution in [0.3, 0.4) is 0 Å². The molecule has 0 spiro atoms. The molecule has 4 heteroatoms. The Kier molecular flexibility index (Phi) is 5.28. The number of hydrogen-bond acceptors (Lipinski definition) is 4. The number of rotatable bonds is 6. The minimum atomic E-state index is 0.649. The lowest BCUT2D eigenvalue weighted by Crippen LogP contribution is -2.12. The molecule has 0 aliphatic rings. The number of nitrogens with zero attached hydrogens (tertiary/aromatic N) is 2. The van der Waals surface area contributed by atoms with Gasteiger partial charge < -0.3 is 10.1 Å². The van der Waals surface area contributed by atoms with Crippen LogP contribution >= 0.6 is 0 Å². The lowest BCUT2D eigenvalue weighted by Gasteiger charge is -2.12. The lowest BCUT2D eigenvalue weighted by molar-refractivity contribution is 0.449. The van der Waals surface area contributed by atoms with E-state index in [-0.39, 0.29) is 0 Å². The predicted molar refractivity (Wildman–Crippen MR) is 84.8 cm³/mol. The first-order valence-corrected chi connectivity index (χ1v) is 7.44. The summed E-state index contributed by atoms with van der Waals surface area (Å²) in [6.07, 6.45) is 2.70. The number of pyridine rings is 2. The topological polar surface area (TPSA) is 47.0 Å². The van der Waals surface area contributed by atoms with E-state index in [2.05, 4.69) is 35.2 Å². The predicted octanol–water partition coefficient (Wildman–Crippen LogP) is 3.56. The van der Waals surface area contributed by atoms with Crippen molar-refractivity contribution in [1.29, 1.82) is 0 Å². The highest BCUT2D eigenvalue weighted by atomic mass is 16.5. The Labute approximate surface area is 126 Å². The third-order valence-electron chi connectivity index (χ3n) is 3.28. The molecule has 0 radical (unpaired) electrons. The monoisotopic (exact) mass is 285 g/mol. The maximum absolute atomic E-state index is 5.95. The van der Waals surface area contributed by atoms with Crippen molar-refractivity contribution < 1.29 is 4.74 Å². The number of ether oxygens (including phenoxy) is 1. The zero-order chi connectivity index (χ0) is 15.2. The van der Waals surface area contributed by atoms with Gasteiger partial charge in [0.25, 0.3) is 0 Å². The van der Waals surface area contributed by atoms with Crippen molar-refractivity contribution in [2.45, 2.75) is 40.7 Å². The van der Waals surface area contributed by atoms with Crippen LogP contribution in [-0.2, 0) is 13.0 Å². The standard InChI is InChI=1S/C17H23N3O/c1-5-15-16(8-7-13(4)20-15)21-17-12(3)9-14(11-19-17)10-18-6-2/h7-9,11,18H,5-6,10H2,1-4H3. The van der Waals surface area contributed by atoms with E-state index in [0.717, 1.165) is 42.2 Å². The molecule has 0 atom stereocenters. The summed E-state index contributed by atoms with van der Waals surface area (Å²) in [6.45, 7) is 9.96. The summed E-state index contributed by atoms with van der Waals surface area (Å²) < 4.78 is 5.95. The molecule has 0 amide bonds. The highest BCUT2D eigenvalue weighted by Gasteiger charge is 2.09. The van der Waals surface area contributed by atoms with Crippen LogP contribution in [0.2, 0.25) is 0 Å². The zero-order valence-corrected chi connectivity index (χ0v) is 13.2.